The molecule has 446 valence electrons. The summed E-state index contributed by atoms with van der Waals surface area (Å²) in [5, 5.41) is 49.9. The Balaban J connectivity index is 6.43. The average molecular weight is 1130 g/mol. The lowest BCUT2D eigenvalue weighted by molar-refractivity contribution is -0.142. The van der Waals surface area contributed by atoms with Gasteiger partial charge in [0.2, 0.25) is 59.1 Å². The zero-order valence-electron chi connectivity index (χ0n) is 45.1. The quantitative estimate of drug-likeness (QED) is 0.0200. The molecule has 0 heterocycles. The van der Waals surface area contributed by atoms with Gasteiger partial charge >= 0.3 is 17.9 Å². The van der Waals surface area contributed by atoms with Gasteiger partial charge in [0.25, 0.3) is 0 Å². The highest BCUT2D eigenvalue weighted by Gasteiger charge is 2.35. The van der Waals surface area contributed by atoms with Crippen LogP contribution in [0.5, 0.6) is 0 Å². The molecule has 10 amide bonds. The van der Waals surface area contributed by atoms with Crippen LogP contribution < -0.4 is 76.5 Å². The van der Waals surface area contributed by atoms with Gasteiger partial charge in [0.05, 0.1) is 19.4 Å². The third-order valence-corrected chi connectivity index (χ3v) is 11.9. The SMILES string of the molecule is C#CCCC(=O)N[C@@H](CC(=O)O)C(=O)N[C@@H](CCC(=O)O)C(=O)N[C@H](C(=O)N[C@@H](CC(=O)O)C(=O)NCC(=O)N[C@@H](CCCCN)C(=O)N[C@@H](CCCCN)C(=O)N[C@@H](CCCCN)C(=O)N[C@@H](CCCCN)C(N)=O)C(C)C. The molecule has 0 aliphatic heterocycles. The summed E-state index contributed by atoms with van der Waals surface area (Å²) in [5.41, 5.74) is 28.2. The van der Waals surface area contributed by atoms with Crippen LogP contribution in [-0.2, 0) is 62.3 Å². The number of nitrogens with two attached hydrogens (primary N) is 5. The number of carboxylic acid groups (broad SMARTS) is 3. The van der Waals surface area contributed by atoms with Crippen LogP contribution >= 0.6 is 0 Å². The van der Waals surface area contributed by atoms with Crippen LogP contribution in [0.4, 0.5) is 0 Å². The van der Waals surface area contributed by atoms with Gasteiger partial charge in [-0.25, -0.2) is 0 Å². The minimum Gasteiger partial charge on any atom is -0.481 e. The molecule has 0 saturated carbocycles. The summed E-state index contributed by atoms with van der Waals surface area (Å²) < 4.78 is 0. The Bertz CT molecular complexity index is 2090. The molecule has 22 N–H and O–H groups in total. The first-order valence-corrected chi connectivity index (χ1v) is 26.2. The summed E-state index contributed by atoms with van der Waals surface area (Å²) >= 11 is 0. The van der Waals surface area contributed by atoms with Crippen molar-refractivity contribution in [1.29, 1.82) is 0 Å². The highest BCUT2D eigenvalue weighted by Crippen LogP contribution is 2.11. The minimum atomic E-state index is -1.90. The number of nitrogens with one attached hydrogen (secondary N) is 9. The highest BCUT2D eigenvalue weighted by atomic mass is 16.4. The molecule has 0 fully saturated rings. The van der Waals surface area contributed by atoms with Gasteiger partial charge in [0.15, 0.2) is 0 Å². The average Bonchev–Trinajstić information content (AvgIpc) is 3.38. The van der Waals surface area contributed by atoms with Gasteiger partial charge in [-0.2, -0.15) is 0 Å². The molecule has 0 aliphatic carbocycles. The number of hydrogen-bond acceptors (Lipinski definition) is 17. The van der Waals surface area contributed by atoms with Gasteiger partial charge < -0.3 is 91.8 Å². The number of hydrogen-bond donors (Lipinski definition) is 17. The number of unbranched alkanes of at least 4 members (excludes halogenated alkanes) is 4. The summed E-state index contributed by atoms with van der Waals surface area (Å²) in [6.45, 7) is 3.09. The molecule has 0 aliphatic rings. The van der Waals surface area contributed by atoms with Gasteiger partial charge in [0, 0.05) is 19.3 Å². The number of rotatable bonds is 44. The molecule has 0 rings (SSSR count). The van der Waals surface area contributed by atoms with E-state index < -0.39 is 163 Å². The molecule has 0 spiro atoms. The van der Waals surface area contributed by atoms with Crippen molar-refractivity contribution in [2.75, 3.05) is 32.7 Å². The predicted octanol–water partition coefficient (Wildman–Crippen LogP) is -5.13. The molecule has 0 bridgehead atoms. The van der Waals surface area contributed by atoms with Crippen LogP contribution in [0.15, 0.2) is 0 Å². The Morgan fingerprint density at radius 2 is 0.772 bits per heavy atom. The molecule has 30 nitrogen and oxygen atoms in total. The van der Waals surface area contributed by atoms with Crippen LogP contribution in [0.3, 0.4) is 0 Å². The highest BCUT2D eigenvalue weighted by molar-refractivity contribution is 5.99. The summed E-state index contributed by atoms with van der Waals surface area (Å²) in [6.07, 6.45) is 5.30. The van der Waals surface area contributed by atoms with Crippen LogP contribution in [-0.4, -0.2) is 173 Å². The normalized spacial score (nSPS) is 13.9. The lowest BCUT2D eigenvalue weighted by Crippen LogP contribution is -2.60. The van der Waals surface area contributed by atoms with Crippen LogP contribution in [0, 0.1) is 18.3 Å². The molecule has 0 aromatic carbocycles. The Kier molecular flexibility index (Phi) is 36.8. The zero-order valence-corrected chi connectivity index (χ0v) is 45.1. The minimum absolute atomic E-state index is 0.0177. The van der Waals surface area contributed by atoms with E-state index in [9.17, 15) is 77.6 Å². The first-order chi connectivity index (χ1) is 37.3. The fourth-order valence-corrected chi connectivity index (χ4v) is 7.50. The van der Waals surface area contributed by atoms with Gasteiger partial charge in [-0.1, -0.05) is 13.8 Å². The summed E-state index contributed by atoms with van der Waals surface area (Å²) in [5.74, 6) is -12.7. The van der Waals surface area contributed by atoms with Crippen LogP contribution in [0.1, 0.15) is 129 Å². The number of carboxylic acids is 3. The summed E-state index contributed by atoms with van der Waals surface area (Å²) in [4.78, 5) is 168. The van der Waals surface area contributed by atoms with E-state index in [1.54, 1.807) is 0 Å². The third-order valence-electron chi connectivity index (χ3n) is 11.9. The van der Waals surface area contributed by atoms with Gasteiger partial charge in [-0.3, -0.25) is 62.3 Å². The molecule has 30 heteroatoms. The Hall–Kier alpha value is -7.49. The lowest BCUT2D eigenvalue weighted by atomic mass is 10.0. The number of amides is 10. The molecule has 0 unspecified atom stereocenters. The molecule has 0 saturated heterocycles. The number of primary amides is 1. The topological polar surface area (TPSA) is 521 Å². The van der Waals surface area contributed by atoms with Crippen molar-refractivity contribution in [2.24, 2.45) is 34.6 Å². The van der Waals surface area contributed by atoms with Gasteiger partial charge in [-0.15, -0.1) is 12.3 Å². The maximum atomic E-state index is 13.9. The second kappa shape index (κ2) is 40.7. The molecule has 79 heavy (non-hydrogen) atoms. The van der Waals surface area contributed by atoms with Crippen LogP contribution in [0.25, 0.3) is 0 Å². The molecule has 0 aromatic rings. The van der Waals surface area contributed by atoms with Crippen molar-refractivity contribution in [3.8, 4) is 12.3 Å². The van der Waals surface area contributed by atoms with Crippen molar-refractivity contribution in [1.82, 2.24) is 47.9 Å². The van der Waals surface area contributed by atoms with Crippen molar-refractivity contribution in [3.05, 3.63) is 0 Å². The molecular weight excluding hydrogens is 1040 g/mol. The van der Waals surface area contributed by atoms with E-state index in [0.717, 1.165) is 0 Å². The maximum absolute atomic E-state index is 13.9. The van der Waals surface area contributed by atoms with E-state index in [0.29, 0.717) is 57.9 Å². The number of aliphatic carboxylic acids is 3. The number of terminal acetylenes is 1. The summed E-state index contributed by atoms with van der Waals surface area (Å²) in [6, 6.07) is -11.8. The molecule has 0 radical (unpaired) electrons. The first kappa shape index (κ1) is 71.5. The number of carbonyl (C=O) groups excluding carboxylic acids is 10. The summed E-state index contributed by atoms with van der Waals surface area (Å²) in [7, 11) is 0. The van der Waals surface area contributed by atoms with Crippen molar-refractivity contribution >= 4 is 77.0 Å². The zero-order chi connectivity index (χ0) is 60.0. The van der Waals surface area contributed by atoms with E-state index >= 15 is 0 Å². The lowest BCUT2D eigenvalue weighted by Gasteiger charge is -2.27. The van der Waals surface area contributed by atoms with E-state index in [4.69, 9.17) is 35.1 Å². The fourth-order valence-electron chi connectivity index (χ4n) is 7.50. The Labute approximate surface area is 458 Å². The van der Waals surface area contributed by atoms with E-state index in [1.165, 1.54) is 13.8 Å². The van der Waals surface area contributed by atoms with Gasteiger partial charge in [0.1, 0.15) is 48.3 Å². The monoisotopic (exact) mass is 1120 g/mol. The molecule has 8 atom stereocenters. The standard InChI is InChI=1S/C49H84N14O16/c1-4-5-18-36(64)57-35(26-40(70)71)48(78)61-33(19-20-38(66)67)47(77)63-41(28(2)3)49(79)62-34(25-39(68)69)43(73)55-27-37(65)56-30(15-7-11-22-51)44(74)59-32(17-9-13-24-53)46(76)60-31(16-8-12-23-52)45(75)58-29(42(54)72)14-6-10-21-50/h1,28-35,41H,5-27,50-53H2,2-3H3,(H2,54,72)(H,55,73)(H,56,65)(H,57,64)(H,58,75)(H,59,74)(H,60,76)(H,61,78)(H,62,79)(H,63,77)(H,66,67)(H,68,69)(H,70,71)/t29-,30-,31-,32-,33-,34-,35-,41-/m0/s1. The number of carbonyl (C=O) groups is 13. The first-order valence-electron chi connectivity index (χ1n) is 26.2. The van der Waals surface area contributed by atoms with Crippen molar-refractivity contribution < 1.29 is 77.6 Å². The Morgan fingerprint density at radius 1 is 0.418 bits per heavy atom. The second-order valence-electron chi connectivity index (χ2n) is 18.9. The third kappa shape index (κ3) is 31.5. The van der Waals surface area contributed by atoms with E-state index in [-0.39, 0.29) is 58.2 Å². The Morgan fingerprint density at radius 3 is 1.16 bits per heavy atom. The molecule has 0 aromatic heterocycles. The smallest absolute Gasteiger partial charge is 0.305 e. The van der Waals surface area contributed by atoms with Crippen molar-refractivity contribution in [2.45, 2.75) is 178 Å². The van der Waals surface area contributed by atoms with Crippen LogP contribution in [0.2, 0.25) is 0 Å². The maximum Gasteiger partial charge on any atom is 0.305 e. The van der Waals surface area contributed by atoms with Gasteiger partial charge in [-0.05, 0) is 116 Å². The predicted molar refractivity (Wildman–Crippen MR) is 284 cm³/mol. The molecular formula is C49H84N14O16. The van der Waals surface area contributed by atoms with Crippen molar-refractivity contribution in [3.63, 3.8) is 0 Å². The largest absolute Gasteiger partial charge is 0.481 e. The fraction of sp³-hybridized carbons (Fsp3) is 0.694. The van der Waals surface area contributed by atoms with E-state index in [1.807, 2.05) is 0 Å². The second-order valence-corrected chi connectivity index (χ2v) is 18.9. The van der Waals surface area contributed by atoms with E-state index in [2.05, 4.69) is 53.8 Å².